The molecule has 1 aromatic rings. The number of ether oxygens (including phenoxy) is 1. The summed E-state index contributed by atoms with van der Waals surface area (Å²) in [6.07, 6.45) is 4.37. The van der Waals surface area contributed by atoms with E-state index in [2.05, 4.69) is 0 Å². The molecule has 0 bridgehead atoms. The summed E-state index contributed by atoms with van der Waals surface area (Å²) in [4.78, 5) is 11.7. The maximum absolute atomic E-state index is 11.7. The van der Waals surface area contributed by atoms with Gasteiger partial charge in [-0.3, -0.25) is 4.79 Å². The summed E-state index contributed by atoms with van der Waals surface area (Å²) in [7, 11) is 0. The second-order valence-corrected chi connectivity index (χ2v) is 4.64. The van der Waals surface area contributed by atoms with Gasteiger partial charge in [0.2, 0.25) is 0 Å². The molecule has 2 nitrogen and oxygen atoms in total. The Bertz CT molecular complexity index is 491. The maximum atomic E-state index is 11.7. The van der Waals surface area contributed by atoms with E-state index >= 15 is 0 Å². The first kappa shape index (κ1) is 9.91. The first-order valence-corrected chi connectivity index (χ1v) is 5.83. The van der Waals surface area contributed by atoms with Gasteiger partial charge in [-0.2, -0.15) is 0 Å². The summed E-state index contributed by atoms with van der Waals surface area (Å²) in [6, 6.07) is 5.51. The highest BCUT2D eigenvalue weighted by Crippen LogP contribution is 2.36. The summed E-state index contributed by atoms with van der Waals surface area (Å²) in [5.74, 6) is 1.04. The van der Waals surface area contributed by atoms with Crippen LogP contribution in [0.4, 0.5) is 0 Å². The zero-order chi connectivity index (χ0) is 11.1. The average molecular weight is 235 g/mol. The smallest absolute Gasteiger partial charge is 0.162 e. The molecule has 2 aliphatic rings. The molecule has 1 saturated carbocycles. The summed E-state index contributed by atoms with van der Waals surface area (Å²) >= 11 is 5.92. The highest BCUT2D eigenvalue weighted by atomic mass is 35.5. The Kier molecular flexibility index (Phi) is 2.25. The van der Waals surface area contributed by atoms with Gasteiger partial charge >= 0.3 is 0 Å². The van der Waals surface area contributed by atoms with Gasteiger partial charge in [-0.15, -0.1) is 0 Å². The topological polar surface area (TPSA) is 26.3 Å². The fourth-order valence-corrected chi connectivity index (χ4v) is 2.46. The lowest BCUT2D eigenvalue weighted by atomic mass is 9.87. The molecular formula is C13H11ClO2. The van der Waals surface area contributed by atoms with Crippen molar-refractivity contribution in [2.24, 2.45) is 0 Å². The van der Waals surface area contributed by atoms with Crippen LogP contribution >= 0.6 is 11.6 Å². The minimum absolute atomic E-state index is 0.0464. The summed E-state index contributed by atoms with van der Waals surface area (Å²) in [6.45, 7) is 0. The van der Waals surface area contributed by atoms with Gasteiger partial charge in [0.25, 0.3) is 0 Å². The van der Waals surface area contributed by atoms with E-state index in [0.717, 1.165) is 29.7 Å². The number of rotatable bonds is 0. The number of fused-ring (bicyclic) bond motifs is 2. The van der Waals surface area contributed by atoms with Crippen molar-refractivity contribution in [3.8, 4) is 5.75 Å². The highest BCUT2D eigenvalue weighted by molar-refractivity contribution is 6.30. The fraction of sp³-hybridized carbons (Fsp3) is 0.308. The molecule has 1 heterocycles. The Morgan fingerprint density at radius 1 is 1.38 bits per heavy atom. The van der Waals surface area contributed by atoms with Crippen LogP contribution in [0.2, 0.25) is 5.02 Å². The van der Waals surface area contributed by atoms with Crippen molar-refractivity contribution in [1.29, 1.82) is 0 Å². The molecule has 1 aliphatic heterocycles. The van der Waals surface area contributed by atoms with Gasteiger partial charge in [-0.25, -0.2) is 0 Å². The molecule has 1 unspecified atom stereocenters. The molecule has 0 radical (unpaired) electrons. The molecule has 1 aliphatic carbocycles. The molecule has 1 aromatic carbocycles. The maximum Gasteiger partial charge on any atom is 0.162 e. The predicted octanol–water partition coefficient (Wildman–Crippen LogP) is 3.24. The molecule has 0 N–H and O–H groups in total. The summed E-state index contributed by atoms with van der Waals surface area (Å²) in [5.41, 5.74) is 1.72. The normalized spacial score (nSPS) is 22.9. The van der Waals surface area contributed by atoms with Crippen molar-refractivity contribution in [2.75, 3.05) is 0 Å². The minimum Gasteiger partial charge on any atom is -0.485 e. The van der Waals surface area contributed by atoms with Crippen LogP contribution in [-0.4, -0.2) is 11.9 Å². The number of halogens is 1. The van der Waals surface area contributed by atoms with Crippen LogP contribution in [0, 0.1) is 0 Å². The van der Waals surface area contributed by atoms with E-state index in [1.165, 1.54) is 0 Å². The van der Waals surface area contributed by atoms with Gasteiger partial charge in [-0.05, 0) is 37.1 Å². The monoisotopic (exact) mass is 234 g/mol. The fourth-order valence-electron chi connectivity index (χ4n) is 2.28. The molecule has 16 heavy (non-hydrogen) atoms. The van der Waals surface area contributed by atoms with Crippen LogP contribution in [0.5, 0.6) is 5.75 Å². The third kappa shape index (κ3) is 1.54. The van der Waals surface area contributed by atoms with Crippen molar-refractivity contribution in [3.05, 3.63) is 34.4 Å². The van der Waals surface area contributed by atoms with Crippen molar-refractivity contribution >= 4 is 23.5 Å². The van der Waals surface area contributed by atoms with Crippen LogP contribution in [0.25, 0.3) is 6.08 Å². The van der Waals surface area contributed by atoms with Crippen molar-refractivity contribution in [2.45, 2.75) is 25.4 Å². The van der Waals surface area contributed by atoms with E-state index in [9.17, 15) is 4.79 Å². The third-order valence-corrected chi connectivity index (χ3v) is 3.33. The standard InChI is InChI=1S/C13H11ClO2/c14-9-4-5-12-8(6-9)7-10-11(15)2-1-3-13(10)16-12/h4-7,13H,1-3H2. The average Bonchev–Trinajstić information content (AvgIpc) is 2.28. The lowest BCUT2D eigenvalue weighted by Crippen LogP contribution is -2.30. The molecule has 82 valence electrons. The van der Waals surface area contributed by atoms with Crippen molar-refractivity contribution in [3.63, 3.8) is 0 Å². The number of hydrogen-bond donors (Lipinski definition) is 0. The van der Waals surface area contributed by atoms with Crippen LogP contribution in [0.15, 0.2) is 23.8 Å². The quantitative estimate of drug-likeness (QED) is 0.689. The summed E-state index contributed by atoms with van der Waals surface area (Å²) in [5, 5.41) is 0.668. The van der Waals surface area contributed by atoms with Crippen LogP contribution < -0.4 is 4.74 Å². The second kappa shape index (κ2) is 3.63. The number of benzene rings is 1. The Morgan fingerprint density at radius 2 is 2.25 bits per heavy atom. The van der Waals surface area contributed by atoms with Gasteiger partial charge < -0.3 is 4.74 Å². The third-order valence-electron chi connectivity index (χ3n) is 3.09. The van der Waals surface area contributed by atoms with E-state index < -0.39 is 0 Å². The number of ketones is 1. The summed E-state index contributed by atoms with van der Waals surface area (Å²) < 4.78 is 5.81. The minimum atomic E-state index is -0.0464. The molecule has 1 fully saturated rings. The Morgan fingerprint density at radius 3 is 3.12 bits per heavy atom. The van der Waals surface area contributed by atoms with E-state index in [1.54, 1.807) is 0 Å². The van der Waals surface area contributed by atoms with Gasteiger partial charge in [0.15, 0.2) is 5.78 Å². The Labute approximate surface area is 98.9 Å². The van der Waals surface area contributed by atoms with Crippen LogP contribution in [0.3, 0.4) is 0 Å². The molecule has 3 heteroatoms. The zero-order valence-electron chi connectivity index (χ0n) is 8.70. The van der Waals surface area contributed by atoms with Crippen molar-refractivity contribution in [1.82, 2.24) is 0 Å². The lowest BCUT2D eigenvalue weighted by Gasteiger charge is -2.29. The second-order valence-electron chi connectivity index (χ2n) is 4.20. The lowest BCUT2D eigenvalue weighted by molar-refractivity contribution is -0.117. The largest absolute Gasteiger partial charge is 0.485 e. The molecular weight excluding hydrogens is 224 g/mol. The van der Waals surface area contributed by atoms with Crippen LogP contribution in [0.1, 0.15) is 24.8 Å². The number of Topliss-reactive ketones (excluding diaryl/α,β-unsaturated/α-hetero) is 1. The SMILES string of the molecule is O=C1CCCC2Oc3ccc(Cl)cc3C=C12. The van der Waals surface area contributed by atoms with Gasteiger partial charge in [-0.1, -0.05) is 11.6 Å². The first-order chi connectivity index (χ1) is 7.74. The van der Waals surface area contributed by atoms with Gasteiger partial charge in [0, 0.05) is 22.6 Å². The molecule has 0 spiro atoms. The van der Waals surface area contributed by atoms with E-state index in [0.29, 0.717) is 11.4 Å². The number of carbonyl (C=O) groups excluding carboxylic acids is 1. The van der Waals surface area contributed by atoms with Gasteiger partial charge in [0.1, 0.15) is 11.9 Å². The molecule has 3 rings (SSSR count). The number of carbonyl (C=O) groups is 1. The predicted molar refractivity (Wildman–Crippen MR) is 62.7 cm³/mol. The molecule has 0 amide bonds. The van der Waals surface area contributed by atoms with Gasteiger partial charge in [0.05, 0.1) is 0 Å². The molecule has 1 atom stereocenters. The zero-order valence-corrected chi connectivity index (χ0v) is 9.46. The van der Waals surface area contributed by atoms with E-state index in [-0.39, 0.29) is 11.9 Å². The van der Waals surface area contributed by atoms with Crippen molar-refractivity contribution < 1.29 is 9.53 Å². The highest BCUT2D eigenvalue weighted by Gasteiger charge is 2.30. The van der Waals surface area contributed by atoms with Crippen LogP contribution in [-0.2, 0) is 4.79 Å². The molecule has 0 saturated heterocycles. The van der Waals surface area contributed by atoms with E-state index in [4.69, 9.17) is 16.3 Å². The number of hydrogen-bond acceptors (Lipinski definition) is 2. The molecule has 0 aromatic heterocycles. The Hall–Kier alpha value is -1.28. The van der Waals surface area contributed by atoms with E-state index in [1.807, 2.05) is 24.3 Å². The Balaban J connectivity index is 2.09. The first-order valence-electron chi connectivity index (χ1n) is 5.45.